The molecule has 0 radical (unpaired) electrons. The van der Waals surface area contributed by atoms with Crippen molar-refractivity contribution in [1.29, 1.82) is 0 Å². The van der Waals surface area contributed by atoms with Crippen LogP contribution in [0.15, 0.2) is 0 Å². The summed E-state index contributed by atoms with van der Waals surface area (Å²) in [7, 11) is 0. The van der Waals surface area contributed by atoms with Crippen molar-refractivity contribution in [2.75, 3.05) is 12.4 Å². The predicted molar refractivity (Wildman–Crippen MR) is 81.5 cm³/mol. The summed E-state index contributed by atoms with van der Waals surface area (Å²) in [4.78, 5) is 11.8. The van der Waals surface area contributed by atoms with E-state index < -0.39 is 5.92 Å². The molecule has 0 bridgehead atoms. The topological polar surface area (TPSA) is 26.3 Å². The number of carbonyl (C=O) groups excluding carboxylic acids is 1. The van der Waals surface area contributed by atoms with E-state index in [1.165, 1.54) is 11.8 Å². The zero-order valence-corrected chi connectivity index (χ0v) is 13.7. The number of rotatable bonds is 12. The molecule has 20 heavy (non-hydrogen) atoms. The van der Waals surface area contributed by atoms with Crippen LogP contribution in [0.25, 0.3) is 0 Å². The van der Waals surface area contributed by atoms with Crippen molar-refractivity contribution in [2.24, 2.45) is 0 Å². The maximum Gasteiger partial charge on any atom is 0.319 e. The summed E-state index contributed by atoms with van der Waals surface area (Å²) >= 11 is 1.46. The molecule has 5 heteroatoms. The van der Waals surface area contributed by atoms with Crippen LogP contribution in [0.1, 0.15) is 65.7 Å². The Balaban J connectivity index is 3.99. The Morgan fingerprint density at radius 2 is 1.85 bits per heavy atom. The summed E-state index contributed by atoms with van der Waals surface area (Å²) in [6.07, 6.45) is 3.26. The molecule has 120 valence electrons. The van der Waals surface area contributed by atoms with Gasteiger partial charge >= 0.3 is 5.97 Å². The Kier molecular flexibility index (Phi) is 11.2. The molecule has 0 rings (SSSR count). The van der Waals surface area contributed by atoms with Crippen LogP contribution >= 0.6 is 11.8 Å². The third kappa shape index (κ3) is 9.56. The number of carbonyl (C=O) groups is 1. The summed E-state index contributed by atoms with van der Waals surface area (Å²) in [6.45, 7) is 6.17. The van der Waals surface area contributed by atoms with Gasteiger partial charge in [-0.25, -0.2) is 8.78 Å². The number of esters is 1. The number of ether oxygens (including phenoxy) is 1. The van der Waals surface area contributed by atoms with Crippen LogP contribution in [0.2, 0.25) is 0 Å². The minimum atomic E-state index is -2.56. The molecule has 0 aliphatic rings. The summed E-state index contributed by atoms with van der Waals surface area (Å²) in [5.74, 6) is -2.16. The van der Waals surface area contributed by atoms with E-state index in [-0.39, 0.29) is 24.1 Å². The summed E-state index contributed by atoms with van der Waals surface area (Å²) in [6, 6.07) is 0. The first-order valence-electron chi connectivity index (χ1n) is 7.62. The van der Waals surface area contributed by atoms with Crippen molar-refractivity contribution in [3.63, 3.8) is 0 Å². The zero-order chi connectivity index (χ0) is 15.4. The van der Waals surface area contributed by atoms with E-state index >= 15 is 0 Å². The SMILES string of the molecule is CCCOC(=O)C(CCC)SCCCC(F)(F)CCC. The molecular weight excluding hydrogens is 282 g/mol. The van der Waals surface area contributed by atoms with E-state index in [4.69, 9.17) is 4.74 Å². The summed E-state index contributed by atoms with van der Waals surface area (Å²) < 4.78 is 31.8. The van der Waals surface area contributed by atoms with Gasteiger partial charge < -0.3 is 4.74 Å². The second-order valence-electron chi connectivity index (χ2n) is 5.03. The smallest absolute Gasteiger partial charge is 0.319 e. The van der Waals surface area contributed by atoms with Crippen LogP contribution in [0.5, 0.6) is 0 Å². The molecule has 0 aromatic carbocycles. The van der Waals surface area contributed by atoms with Gasteiger partial charge in [0, 0.05) is 12.8 Å². The molecule has 0 saturated heterocycles. The minimum absolute atomic E-state index is 0.0470. The number of halogens is 2. The normalized spacial score (nSPS) is 13.2. The van der Waals surface area contributed by atoms with Crippen LogP contribution in [0, 0.1) is 0 Å². The van der Waals surface area contributed by atoms with Crippen molar-refractivity contribution in [1.82, 2.24) is 0 Å². The van der Waals surface area contributed by atoms with Gasteiger partial charge in [-0.1, -0.05) is 33.6 Å². The van der Waals surface area contributed by atoms with Gasteiger partial charge in [0.2, 0.25) is 5.92 Å². The highest BCUT2D eigenvalue weighted by molar-refractivity contribution is 8.00. The third-order valence-corrected chi connectivity index (χ3v) is 4.24. The fourth-order valence-corrected chi connectivity index (χ4v) is 3.08. The van der Waals surface area contributed by atoms with Gasteiger partial charge in [-0.3, -0.25) is 4.79 Å². The van der Waals surface area contributed by atoms with Crippen molar-refractivity contribution in [3.05, 3.63) is 0 Å². The minimum Gasteiger partial charge on any atom is -0.465 e. The molecule has 0 spiro atoms. The van der Waals surface area contributed by atoms with Crippen molar-refractivity contribution >= 4 is 17.7 Å². The van der Waals surface area contributed by atoms with Crippen LogP contribution < -0.4 is 0 Å². The number of alkyl halides is 2. The molecule has 0 amide bonds. The Bertz CT molecular complexity index is 260. The number of thioether (sulfide) groups is 1. The highest BCUT2D eigenvalue weighted by Gasteiger charge is 2.27. The molecule has 1 atom stereocenters. The fourth-order valence-electron chi connectivity index (χ4n) is 1.87. The molecule has 0 heterocycles. The van der Waals surface area contributed by atoms with Crippen molar-refractivity contribution in [3.8, 4) is 0 Å². The maximum absolute atomic E-state index is 13.3. The van der Waals surface area contributed by atoms with E-state index in [0.717, 1.165) is 19.3 Å². The Labute approximate surface area is 126 Å². The largest absolute Gasteiger partial charge is 0.465 e. The average Bonchev–Trinajstić information content (AvgIpc) is 2.39. The van der Waals surface area contributed by atoms with Gasteiger partial charge in [-0.2, -0.15) is 0 Å². The zero-order valence-electron chi connectivity index (χ0n) is 12.9. The Hall–Kier alpha value is -0.320. The highest BCUT2D eigenvalue weighted by atomic mass is 32.2. The average molecular weight is 310 g/mol. The first-order chi connectivity index (χ1) is 9.46. The molecular formula is C15H28F2O2S. The lowest BCUT2D eigenvalue weighted by Crippen LogP contribution is -2.21. The van der Waals surface area contributed by atoms with Crippen molar-refractivity contribution in [2.45, 2.75) is 76.9 Å². The van der Waals surface area contributed by atoms with Gasteiger partial charge in [0.05, 0.1) is 6.61 Å². The van der Waals surface area contributed by atoms with E-state index in [2.05, 4.69) is 0 Å². The lowest BCUT2D eigenvalue weighted by molar-refractivity contribution is -0.143. The highest BCUT2D eigenvalue weighted by Crippen LogP contribution is 2.28. The number of hydrogen-bond acceptors (Lipinski definition) is 3. The van der Waals surface area contributed by atoms with Crippen LogP contribution in [-0.4, -0.2) is 29.5 Å². The maximum atomic E-state index is 13.3. The van der Waals surface area contributed by atoms with E-state index in [0.29, 0.717) is 25.2 Å². The van der Waals surface area contributed by atoms with E-state index in [9.17, 15) is 13.6 Å². The van der Waals surface area contributed by atoms with Crippen molar-refractivity contribution < 1.29 is 18.3 Å². The van der Waals surface area contributed by atoms with Gasteiger partial charge in [0.1, 0.15) is 5.25 Å². The quantitative estimate of drug-likeness (QED) is 0.372. The molecule has 0 aliphatic heterocycles. The molecule has 0 aliphatic carbocycles. The van der Waals surface area contributed by atoms with Crippen LogP contribution in [0.3, 0.4) is 0 Å². The summed E-state index contributed by atoms with van der Waals surface area (Å²) in [5.41, 5.74) is 0. The molecule has 1 unspecified atom stereocenters. The standard InChI is InChI=1S/C15H28F2O2S/c1-4-8-13(14(18)19-11-6-3)20-12-7-10-15(16,17)9-5-2/h13H,4-12H2,1-3H3. The molecule has 0 N–H and O–H groups in total. The van der Waals surface area contributed by atoms with E-state index in [1.807, 2.05) is 13.8 Å². The monoisotopic (exact) mass is 310 g/mol. The molecule has 0 fully saturated rings. The van der Waals surface area contributed by atoms with Crippen LogP contribution in [0.4, 0.5) is 8.78 Å². The van der Waals surface area contributed by atoms with E-state index in [1.54, 1.807) is 6.92 Å². The van der Waals surface area contributed by atoms with Gasteiger partial charge in [-0.05, 0) is 25.0 Å². The second kappa shape index (κ2) is 11.4. The van der Waals surface area contributed by atoms with Gasteiger partial charge in [-0.15, -0.1) is 11.8 Å². The fraction of sp³-hybridized carbons (Fsp3) is 0.933. The molecule has 0 aromatic rings. The second-order valence-corrected chi connectivity index (χ2v) is 6.34. The Morgan fingerprint density at radius 1 is 1.15 bits per heavy atom. The molecule has 0 aromatic heterocycles. The van der Waals surface area contributed by atoms with Crippen LogP contribution in [-0.2, 0) is 9.53 Å². The predicted octanol–water partition coefficient (Wildman–Crippen LogP) is 5.06. The molecule has 0 saturated carbocycles. The first kappa shape index (κ1) is 19.7. The lowest BCUT2D eigenvalue weighted by Gasteiger charge is -2.17. The van der Waals surface area contributed by atoms with Gasteiger partial charge in [0.25, 0.3) is 0 Å². The third-order valence-electron chi connectivity index (χ3n) is 2.88. The Morgan fingerprint density at radius 3 is 2.40 bits per heavy atom. The lowest BCUT2D eigenvalue weighted by atomic mass is 10.1. The number of hydrogen-bond donors (Lipinski definition) is 0. The molecule has 2 nitrogen and oxygen atoms in total. The van der Waals surface area contributed by atoms with Gasteiger partial charge in [0.15, 0.2) is 0 Å². The first-order valence-corrected chi connectivity index (χ1v) is 8.67. The summed E-state index contributed by atoms with van der Waals surface area (Å²) in [5, 5.41) is -0.202.